The zero-order chi connectivity index (χ0) is 33.4. The highest BCUT2D eigenvalue weighted by Gasteiger charge is 2.38. The van der Waals surface area contributed by atoms with Crippen LogP contribution in [0.5, 0.6) is 0 Å². The summed E-state index contributed by atoms with van der Waals surface area (Å²) in [5.74, 6) is -0.161. The normalized spacial score (nSPS) is 15.0. The Labute approximate surface area is 261 Å². The first-order chi connectivity index (χ1) is 21.4. The summed E-state index contributed by atoms with van der Waals surface area (Å²) in [6, 6.07) is 9.44. The monoisotopic (exact) mass is 628 g/mol. The van der Waals surface area contributed by atoms with Crippen LogP contribution in [0.1, 0.15) is 42.2 Å². The third-order valence-corrected chi connectivity index (χ3v) is 6.77. The summed E-state index contributed by atoms with van der Waals surface area (Å²) in [5, 5.41) is 7.12. The Balaban J connectivity index is 0.000000900. The van der Waals surface area contributed by atoms with Crippen LogP contribution in [0.4, 0.5) is 13.2 Å². The highest BCUT2D eigenvalue weighted by Crippen LogP contribution is 2.20. The number of carbonyl (C=O) groups is 3. The number of alkyl halides is 3. The van der Waals surface area contributed by atoms with Crippen LogP contribution < -0.4 is 0 Å². The van der Waals surface area contributed by atoms with Crippen molar-refractivity contribution in [3.8, 4) is 12.3 Å². The zero-order valence-corrected chi connectivity index (χ0v) is 25.6. The Morgan fingerprint density at radius 1 is 1.18 bits per heavy atom. The predicted octanol–water partition coefficient (Wildman–Crippen LogP) is 5.06. The van der Waals surface area contributed by atoms with Crippen LogP contribution in [0.15, 0.2) is 78.8 Å². The standard InChI is InChI=1S/C31H38N4O3.C2HF3O2/c1-5-18-35(28-16-20-34(21-17-28)31(37)27-12-8-7-9-13-27)30(36)15-14-26(22-29(6-2)38-4)11-10-19-33-23-25(3)32-24-33;3-2(4,5)1(6)7/h2,7-15,22-24,28-29H,5,16-21H2,1,3-4H3;(H,6,7)/b11-10-,15-14+,26-22+;. The molecule has 242 valence electrons. The third kappa shape index (κ3) is 12.5. The number of carboxylic acids is 1. The van der Waals surface area contributed by atoms with Crippen LogP contribution in [0.3, 0.4) is 0 Å². The molecule has 1 saturated heterocycles. The number of methoxy groups -OCH3 is 1. The number of allylic oxidation sites excluding steroid dienone is 4. The minimum absolute atomic E-state index is 0.0427. The van der Waals surface area contributed by atoms with Gasteiger partial charge < -0.3 is 24.2 Å². The molecule has 1 aromatic heterocycles. The van der Waals surface area contributed by atoms with E-state index in [1.165, 1.54) is 0 Å². The van der Waals surface area contributed by atoms with Crippen molar-refractivity contribution in [2.45, 2.75) is 58.0 Å². The first-order valence-corrected chi connectivity index (χ1v) is 14.4. The van der Waals surface area contributed by atoms with Crippen LogP contribution in [0, 0.1) is 19.3 Å². The second-order valence-corrected chi connectivity index (χ2v) is 10.2. The lowest BCUT2D eigenvalue weighted by Gasteiger charge is -2.38. The Morgan fingerprint density at radius 2 is 1.82 bits per heavy atom. The quantitative estimate of drug-likeness (QED) is 0.212. The molecule has 1 fully saturated rings. The number of rotatable bonds is 11. The van der Waals surface area contributed by atoms with E-state index < -0.39 is 18.2 Å². The van der Waals surface area contributed by atoms with E-state index in [0.29, 0.717) is 31.7 Å². The molecule has 0 bridgehead atoms. The van der Waals surface area contributed by atoms with Gasteiger partial charge in [0.2, 0.25) is 5.91 Å². The number of aryl methyl sites for hydroxylation is 1. The smallest absolute Gasteiger partial charge is 0.475 e. The molecule has 9 nitrogen and oxygen atoms in total. The van der Waals surface area contributed by atoms with Gasteiger partial charge in [-0.25, -0.2) is 9.78 Å². The minimum Gasteiger partial charge on any atom is -0.475 e. The van der Waals surface area contributed by atoms with Crippen LogP contribution >= 0.6 is 0 Å². The molecule has 0 spiro atoms. The Morgan fingerprint density at radius 3 is 2.33 bits per heavy atom. The van der Waals surface area contributed by atoms with E-state index in [9.17, 15) is 22.8 Å². The van der Waals surface area contributed by atoms with Crippen molar-refractivity contribution in [2.24, 2.45) is 0 Å². The third-order valence-electron chi connectivity index (χ3n) is 6.77. The molecule has 2 amide bonds. The molecule has 1 N–H and O–H groups in total. The average Bonchev–Trinajstić information content (AvgIpc) is 3.45. The number of piperidine rings is 1. The number of likely N-dealkylation sites (tertiary alicyclic amines) is 1. The Kier molecular flexibility index (Phi) is 14.8. The molecular formula is C33H39F3N4O5. The molecule has 3 rings (SSSR count). The van der Waals surface area contributed by atoms with Crippen molar-refractivity contribution in [1.82, 2.24) is 19.4 Å². The fourth-order valence-electron chi connectivity index (χ4n) is 4.53. The van der Waals surface area contributed by atoms with Gasteiger partial charge in [0.25, 0.3) is 5.91 Å². The number of terminal acetylenes is 1. The lowest BCUT2D eigenvalue weighted by atomic mass is 10.0. The highest BCUT2D eigenvalue weighted by atomic mass is 19.4. The number of aliphatic carboxylic acids is 1. The summed E-state index contributed by atoms with van der Waals surface area (Å²) < 4.78 is 39.0. The van der Waals surface area contributed by atoms with Gasteiger partial charge >= 0.3 is 12.1 Å². The molecule has 12 heteroatoms. The summed E-state index contributed by atoms with van der Waals surface area (Å²) in [6.45, 7) is 6.60. The van der Waals surface area contributed by atoms with Gasteiger partial charge in [-0.2, -0.15) is 13.2 Å². The summed E-state index contributed by atoms with van der Waals surface area (Å²) in [6.07, 6.45) is 15.3. The van der Waals surface area contributed by atoms with E-state index in [0.717, 1.165) is 30.5 Å². The van der Waals surface area contributed by atoms with E-state index in [4.69, 9.17) is 21.1 Å². The first-order valence-electron chi connectivity index (χ1n) is 14.4. The van der Waals surface area contributed by atoms with Crippen molar-refractivity contribution in [2.75, 3.05) is 26.7 Å². The first kappa shape index (κ1) is 36.6. The highest BCUT2D eigenvalue weighted by molar-refractivity contribution is 5.94. The van der Waals surface area contributed by atoms with Gasteiger partial charge in [-0.3, -0.25) is 9.59 Å². The number of aromatic nitrogens is 2. The predicted molar refractivity (Wildman–Crippen MR) is 164 cm³/mol. The molecule has 1 unspecified atom stereocenters. The van der Waals surface area contributed by atoms with Crippen molar-refractivity contribution < 1.29 is 37.4 Å². The molecule has 1 aromatic carbocycles. The maximum absolute atomic E-state index is 13.3. The maximum atomic E-state index is 13.3. The van der Waals surface area contributed by atoms with Gasteiger partial charge in [0.05, 0.1) is 12.0 Å². The molecule has 0 saturated carbocycles. The molecule has 1 aliphatic rings. The number of carbonyl (C=O) groups excluding carboxylic acids is 2. The van der Waals surface area contributed by atoms with Gasteiger partial charge in [-0.05, 0) is 56.0 Å². The minimum atomic E-state index is -5.08. The lowest BCUT2D eigenvalue weighted by molar-refractivity contribution is -0.192. The number of nitrogens with zero attached hydrogens (tertiary/aromatic N) is 4. The molecule has 1 atom stereocenters. The summed E-state index contributed by atoms with van der Waals surface area (Å²) >= 11 is 0. The van der Waals surface area contributed by atoms with Crippen LogP contribution in [0.2, 0.25) is 0 Å². The molecule has 0 aliphatic carbocycles. The number of halogens is 3. The number of hydrogen-bond donors (Lipinski definition) is 1. The van der Waals surface area contributed by atoms with Crippen molar-refractivity contribution in [1.29, 1.82) is 0 Å². The van der Waals surface area contributed by atoms with Gasteiger partial charge in [0.1, 0.15) is 6.10 Å². The summed E-state index contributed by atoms with van der Waals surface area (Å²) in [5.41, 5.74) is 2.45. The number of hydrogen-bond acceptors (Lipinski definition) is 5. The average molecular weight is 629 g/mol. The number of ether oxygens (including phenoxy) is 1. The summed E-state index contributed by atoms with van der Waals surface area (Å²) in [4.78, 5) is 43.1. The van der Waals surface area contributed by atoms with E-state index >= 15 is 0 Å². The van der Waals surface area contributed by atoms with E-state index in [2.05, 4.69) is 17.8 Å². The molecule has 2 aromatic rings. The van der Waals surface area contributed by atoms with Crippen LogP contribution in [0.25, 0.3) is 0 Å². The number of benzene rings is 1. The maximum Gasteiger partial charge on any atom is 0.490 e. The van der Waals surface area contributed by atoms with E-state index in [1.54, 1.807) is 25.6 Å². The molecule has 1 aliphatic heterocycles. The number of carboxylic acid groups (broad SMARTS) is 1. The van der Waals surface area contributed by atoms with E-state index in [-0.39, 0.29) is 17.9 Å². The van der Waals surface area contributed by atoms with Gasteiger partial charge in [-0.15, -0.1) is 6.42 Å². The number of amides is 2. The van der Waals surface area contributed by atoms with Gasteiger partial charge in [0, 0.05) is 57.2 Å². The van der Waals surface area contributed by atoms with Crippen molar-refractivity contribution >= 4 is 17.8 Å². The van der Waals surface area contributed by atoms with E-state index in [1.807, 2.05) is 76.0 Å². The number of imidazole rings is 1. The molecule has 2 heterocycles. The molecule has 0 radical (unpaired) electrons. The zero-order valence-electron chi connectivity index (χ0n) is 25.6. The molecule has 45 heavy (non-hydrogen) atoms. The van der Waals surface area contributed by atoms with Crippen LogP contribution in [-0.2, 0) is 20.9 Å². The fraction of sp³-hybridized carbons (Fsp3) is 0.394. The Hall–Kier alpha value is -4.63. The van der Waals surface area contributed by atoms with Crippen molar-refractivity contribution in [3.05, 3.63) is 90.1 Å². The Bertz CT molecular complexity index is 1380. The summed E-state index contributed by atoms with van der Waals surface area (Å²) in [7, 11) is 1.56. The second kappa shape index (κ2) is 18.2. The van der Waals surface area contributed by atoms with Crippen molar-refractivity contribution in [3.63, 3.8) is 0 Å². The fourth-order valence-corrected chi connectivity index (χ4v) is 4.53. The van der Waals surface area contributed by atoms with Gasteiger partial charge in [0.15, 0.2) is 0 Å². The van der Waals surface area contributed by atoms with Gasteiger partial charge in [-0.1, -0.05) is 43.2 Å². The molecular weight excluding hydrogens is 589 g/mol. The largest absolute Gasteiger partial charge is 0.490 e. The lowest BCUT2D eigenvalue weighted by Crippen LogP contribution is -2.48. The van der Waals surface area contributed by atoms with Crippen LogP contribution in [-0.4, -0.2) is 87.3 Å². The SMILES string of the molecule is C#CC(/C=C(\C=C/Cn1cnc(C)c1)/C=C/C(=O)N(CCC)C1CCN(C(=O)c2ccccc2)CC1)OC.O=C(O)C(F)(F)F. The topological polar surface area (TPSA) is 105 Å². The second-order valence-electron chi connectivity index (χ2n) is 10.2.